The number of nitro benzene ring substituents is 1. The van der Waals surface area contributed by atoms with Crippen molar-refractivity contribution in [2.45, 2.75) is 20.4 Å². The molecule has 1 heterocycles. The highest BCUT2D eigenvalue weighted by Crippen LogP contribution is 2.36. The van der Waals surface area contributed by atoms with E-state index in [1.807, 2.05) is 31.2 Å². The van der Waals surface area contributed by atoms with Crippen LogP contribution in [0.3, 0.4) is 0 Å². The Morgan fingerprint density at radius 2 is 1.78 bits per heavy atom. The van der Waals surface area contributed by atoms with Crippen molar-refractivity contribution in [2.75, 3.05) is 6.61 Å². The minimum absolute atomic E-state index is 0.138. The molecule has 0 aliphatic carbocycles. The second-order valence-corrected chi connectivity index (χ2v) is 9.02. The normalized spacial score (nSPS) is 14.2. The predicted molar refractivity (Wildman–Crippen MR) is 138 cm³/mol. The Kier molecular flexibility index (Phi) is 7.69. The number of hydrogen-bond donors (Lipinski definition) is 0. The van der Waals surface area contributed by atoms with Crippen molar-refractivity contribution in [3.63, 3.8) is 0 Å². The first-order valence-electron chi connectivity index (χ1n) is 11.3. The summed E-state index contributed by atoms with van der Waals surface area (Å²) in [4.78, 5) is 49.8. The van der Waals surface area contributed by atoms with Crippen molar-refractivity contribution in [1.82, 2.24) is 4.90 Å². The molecule has 9 nitrogen and oxygen atoms in total. The number of rotatable bonds is 8. The van der Waals surface area contributed by atoms with Crippen LogP contribution in [0.5, 0.6) is 11.5 Å². The van der Waals surface area contributed by atoms with Gasteiger partial charge in [-0.05, 0) is 72.6 Å². The van der Waals surface area contributed by atoms with Crippen LogP contribution in [-0.2, 0) is 11.3 Å². The summed E-state index contributed by atoms with van der Waals surface area (Å²) in [6.45, 7) is 4.18. The lowest BCUT2D eigenvalue weighted by Gasteiger charge is -2.14. The van der Waals surface area contributed by atoms with E-state index >= 15 is 0 Å². The molecule has 2 amide bonds. The molecule has 3 aromatic rings. The lowest BCUT2D eigenvalue weighted by Crippen LogP contribution is -2.27. The van der Waals surface area contributed by atoms with Crippen LogP contribution >= 0.6 is 11.8 Å². The summed E-state index contributed by atoms with van der Waals surface area (Å²) in [5.41, 5.74) is 2.47. The van der Waals surface area contributed by atoms with Gasteiger partial charge in [-0.25, -0.2) is 4.79 Å². The molecule has 37 heavy (non-hydrogen) atoms. The maximum atomic E-state index is 13.0. The minimum Gasteiger partial charge on any atom is -0.490 e. The Balaban J connectivity index is 1.53. The fourth-order valence-corrected chi connectivity index (χ4v) is 4.43. The molecule has 1 aliphatic rings. The van der Waals surface area contributed by atoms with Crippen LogP contribution in [0.2, 0.25) is 0 Å². The molecule has 10 heteroatoms. The average molecular weight is 519 g/mol. The van der Waals surface area contributed by atoms with Gasteiger partial charge < -0.3 is 9.47 Å². The summed E-state index contributed by atoms with van der Waals surface area (Å²) >= 11 is 0.861. The summed E-state index contributed by atoms with van der Waals surface area (Å²) < 4.78 is 11.1. The zero-order chi connectivity index (χ0) is 26.5. The van der Waals surface area contributed by atoms with Gasteiger partial charge in [0, 0.05) is 12.1 Å². The van der Waals surface area contributed by atoms with Crippen molar-refractivity contribution in [3.8, 4) is 11.5 Å². The standard InChI is InChI=1S/C27H22N2O7S/c1-3-35-23-14-18(8-13-22(23)36-26(31)19-9-11-21(12-10-19)29(33)34)15-24-25(30)28(27(32)37-24)16-20-7-5-4-6-17(20)2/h4-15H,3,16H2,1-2H3/b24-15-. The molecular weight excluding hydrogens is 496 g/mol. The summed E-state index contributed by atoms with van der Waals surface area (Å²) in [7, 11) is 0. The fraction of sp³-hybridized carbons (Fsp3) is 0.148. The van der Waals surface area contributed by atoms with Crippen molar-refractivity contribution in [2.24, 2.45) is 0 Å². The third-order valence-electron chi connectivity index (χ3n) is 5.55. The highest BCUT2D eigenvalue weighted by atomic mass is 32.2. The van der Waals surface area contributed by atoms with Gasteiger partial charge in [-0.1, -0.05) is 30.3 Å². The second-order valence-electron chi connectivity index (χ2n) is 8.03. The molecule has 0 atom stereocenters. The van der Waals surface area contributed by atoms with E-state index in [0.717, 1.165) is 22.9 Å². The van der Waals surface area contributed by atoms with Gasteiger partial charge in [0.2, 0.25) is 0 Å². The molecule has 0 spiro atoms. The first-order chi connectivity index (χ1) is 17.8. The van der Waals surface area contributed by atoms with Crippen LogP contribution in [0.1, 0.15) is 34.0 Å². The number of hydrogen-bond acceptors (Lipinski definition) is 8. The summed E-state index contributed by atoms with van der Waals surface area (Å²) in [5, 5.41) is 10.5. The molecule has 1 fully saturated rings. The van der Waals surface area contributed by atoms with E-state index < -0.39 is 10.9 Å². The summed E-state index contributed by atoms with van der Waals surface area (Å²) in [6.07, 6.45) is 1.59. The maximum Gasteiger partial charge on any atom is 0.343 e. The van der Waals surface area contributed by atoms with E-state index in [1.165, 1.54) is 35.2 Å². The number of benzene rings is 3. The molecule has 4 rings (SSSR count). The Bertz CT molecular complexity index is 1420. The van der Waals surface area contributed by atoms with E-state index in [-0.39, 0.29) is 45.3 Å². The quantitative estimate of drug-likeness (QED) is 0.122. The fourth-order valence-electron chi connectivity index (χ4n) is 3.59. The van der Waals surface area contributed by atoms with Gasteiger partial charge in [-0.3, -0.25) is 24.6 Å². The number of thioether (sulfide) groups is 1. The van der Waals surface area contributed by atoms with Crippen molar-refractivity contribution in [1.29, 1.82) is 0 Å². The zero-order valence-corrected chi connectivity index (χ0v) is 20.8. The predicted octanol–water partition coefficient (Wildman–Crippen LogP) is 5.76. The van der Waals surface area contributed by atoms with Crippen LogP contribution in [0.25, 0.3) is 6.08 Å². The van der Waals surface area contributed by atoms with Gasteiger partial charge in [0.05, 0.1) is 28.5 Å². The minimum atomic E-state index is -0.707. The van der Waals surface area contributed by atoms with Gasteiger partial charge in [-0.2, -0.15) is 0 Å². The highest BCUT2D eigenvalue weighted by molar-refractivity contribution is 8.18. The number of imide groups is 1. The van der Waals surface area contributed by atoms with Gasteiger partial charge >= 0.3 is 5.97 Å². The first-order valence-corrected chi connectivity index (χ1v) is 12.1. The zero-order valence-electron chi connectivity index (χ0n) is 20.0. The molecule has 3 aromatic carbocycles. The maximum absolute atomic E-state index is 13.0. The Morgan fingerprint density at radius 3 is 2.46 bits per heavy atom. The van der Waals surface area contributed by atoms with Crippen molar-refractivity contribution in [3.05, 3.63) is 104 Å². The number of esters is 1. The lowest BCUT2D eigenvalue weighted by molar-refractivity contribution is -0.384. The number of carbonyl (C=O) groups is 3. The second kappa shape index (κ2) is 11.1. The Labute approximate surface area is 216 Å². The number of aryl methyl sites for hydroxylation is 1. The van der Waals surface area contributed by atoms with E-state index in [0.29, 0.717) is 12.2 Å². The monoisotopic (exact) mass is 518 g/mol. The third-order valence-corrected chi connectivity index (χ3v) is 6.45. The molecule has 0 aromatic heterocycles. The molecule has 1 saturated heterocycles. The topological polar surface area (TPSA) is 116 Å². The molecule has 188 valence electrons. The van der Waals surface area contributed by atoms with Gasteiger partial charge in [0.1, 0.15) is 0 Å². The van der Waals surface area contributed by atoms with E-state index in [9.17, 15) is 24.5 Å². The Hall–Kier alpha value is -4.44. The molecule has 0 N–H and O–H groups in total. The van der Waals surface area contributed by atoms with E-state index in [1.54, 1.807) is 25.1 Å². The number of nitrogens with zero attached hydrogens (tertiary/aromatic N) is 2. The SMILES string of the molecule is CCOc1cc(/C=C2\SC(=O)N(Cc3ccccc3C)C2=O)ccc1OC(=O)c1ccc([N+](=O)[O-])cc1. The van der Waals surface area contributed by atoms with E-state index in [4.69, 9.17) is 9.47 Å². The molecule has 0 unspecified atom stereocenters. The number of ether oxygens (including phenoxy) is 2. The van der Waals surface area contributed by atoms with Crippen LogP contribution in [-0.4, -0.2) is 33.5 Å². The number of amides is 2. The van der Waals surface area contributed by atoms with Crippen molar-refractivity contribution < 1.29 is 28.8 Å². The molecule has 0 radical (unpaired) electrons. The van der Waals surface area contributed by atoms with E-state index in [2.05, 4.69) is 0 Å². The third kappa shape index (κ3) is 5.87. The van der Waals surface area contributed by atoms with Crippen LogP contribution in [0.15, 0.2) is 71.6 Å². The first kappa shape index (κ1) is 25.6. The lowest BCUT2D eigenvalue weighted by atomic mass is 10.1. The largest absolute Gasteiger partial charge is 0.490 e. The van der Waals surface area contributed by atoms with Crippen LogP contribution in [0.4, 0.5) is 10.5 Å². The van der Waals surface area contributed by atoms with Crippen LogP contribution < -0.4 is 9.47 Å². The molecule has 0 saturated carbocycles. The molecule has 0 bridgehead atoms. The average Bonchev–Trinajstić information content (AvgIpc) is 3.14. The smallest absolute Gasteiger partial charge is 0.343 e. The number of carbonyl (C=O) groups excluding carboxylic acids is 3. The van der Waals surface area contributed by atoms with Crippen molar-refractivity contribution >= 4 is 40.6 Å². The highest BCUT2D eigenvalue weighted by Gasteiger charge is 2.35. The number of nitro groups is 1. The molecular formula is C27H22N2O7S. The summed E-state index contributed by atoms with van der Waals surface area (Å²) in [5.74, 6) is -0.675. The van der Waals surface area contributed by atoms with Gasteiger partial charge in [0.25, 0.3) is 16.8 Å². The number of non-ortho nitro benzene ring substituents is 1. The molecule has 1 aliphatic heterocycles. The summed E-state index contributed by atoms with van der Waals surface area (Å²) in [6, 6.07) is 17.4. The van der Waals surface area contributed by atoms with Gasteiger partial charge in [-0.15, -0.1) is 0 Å². The van der Waals surface area contributed by atoms with Gasteiger partial charge in [0.15, 0.2) is 11.5 Å². The van der Waals surface area contributed by atoms with Crippen LogP contribution in [0, 0.1) is 17.0 Å². The Morgan fingerprint density at radius 1 is 1.05 bits per heavy atom.